The number of amides is 2. The standard InChI is InChI=1S/C22H29N3O5S/c1-3-5-6-7-15-30-19-13-11-17(12-14-19)21(26)24-25-22(27)18-9-8-10-20(16-18)31(28,29)23-4-2/h8-14,16,23H,3-7,15H2,1-2H3,(H,24,26)(H,25,27). The molecule has 2 amide bonds. The largest absolute Gasteiger partial charge is 0.494 e. The van der Waals surface area contributed by atoms with E-state index in [1.54, 1.807) is 31.2 Å². The first-order chi connectivity index (χ1) is 14.9. The third-order valence-corrected chi connectivity index (χ3v) is 5.96. The summed E-state index contributed by atoms with van der Waals surface area (Å²) in [6.07, 6.45) is 4.46. The first-order valence-corrected chi connectivity index (χ1v) is 11.8. The zero-order chi connectivity index (χ0) is 22.7. The van der Waals surface area contributed by atoms with E-state index in [-0.39, 0.29) is 17.0 Å². The fourth-order valence-electron chi connectivity index (χ4n) is 2.76. The molecule has 0 saturated heterocycles. The number of carbonyl (C=O) groups excluding carboxylic acids is 2. The zero-order valence-corrected chi connectivity index (χ0v) is 18.6. The van der Waals surface area contributed by atoms with Gasteiger partial charge in [-0.05, 0) is 48.9 Å². The summed E-state index contributed by atoms with van der Waals surface area (Å²) in [7, 11) is -3.69. The molecule has 2 aromatic rings. The number of unbranched alkanes of at least 4 members (excludes halogenated alkanes) is 3. The number of sulfonamides is 1. The highest BCUT2D eigenvalue weighted by Crippen LogP contribution is 2.14. The lowest BCUT2D eigenvalue weighted by molar-refractivity contribution is 0.0846. The average molecular weight is 448 g/mol. The van der Waals surface area contributed by atoms with Crippen LogP contribution in [0.3, 0.4) is 0 Å². The predicted octanol–water partition coefficient (Wildman–Crippen LogP) is 3.02. The van der Waals surface area contributed by atoms with Crippen LogP contribution in [0.15, 0.2) is 53.4 Å². The van der Waals surface area contributed by atoms with Crippen molar-refractivity contribution in [2.45, 2.75) is 44.4 Å². The maximum Gasteiger partial charge on any atom is 0.269 e. The van der Waals surface area contributed by atoms with Gasteiger partial charge in [0.05, 0.1) is 11.5 Å². The number of ether oxygens (including phenoxy) is 1. The van der Waals surface area contributed by atoms with Crippen LogP contribution < -0.4 is 20.3 Å². The fraction of sp³-hybridized carbons (Fsp3) is 0.364. The summed E-state index contributed by atoms with van der Waals surface area (Å²) in [5, 5.41) is 0. The second-order valence-electron chi connectivity index (χ2n) is 6.87. The summed E-state index contributed by atoms with van der Waals surface area (Å²) < 4.78 is 32.2. The van der Waals surface area contributed by atoms with Crippen LogP contribution >= 0.6 is 0 Å². The van der Waals surface area contributed by atoms with Gasteiger partial charge in [-0.2, -0.15) is 0 Å². The van der Waals surface area contributed by atoms with Gasteiger partial charge in [0.25, 0.3) is 11.8 Å². The molecule has 0 fully saturated rings. The van der Waals surface area contributed by atoms with Crippen LogP contribution in [0.25, 0.3) is 0 Å². The molecule has 0 aliphatic rings. The Balaban J connectivity index is 1.89. The molecule has 0 spiro atoms. The Labute approximate surface area is 183 Å². The van der Waals surface area contributed by atoms with E-state index in [0.717, 1.165) is 12.8 Å². The molecule has 0 saturated carbocycles. The first kappa shape index (κ1) is 24.4. The number of hydrogen-bond donors (Lipinski definition) is 3. The minimum Gasteiger partial charge on any atom is -0.494 e. The van der Waals surface area contributed by atoms with Crippen LogP contribution in [0.5, 0.6) is 5.75 Å². The van der Waals surface area contributed by atoms with E-state index in [4.69, 9.17) is 4.74 Å². The molecule has 2 rings (SSSR count). The quantitative estimate of drug-likeness (QED) is 0.362. The number of hydrogen-bond acceptors (Lipinski definition) is 5. The lowest BCUT2D eigenvalue weighted by Gasteiger charge is -2.10. The average Bonchev–Trinajstić information content (AvgIpc) is 2.77. The van der Waals surface area contributed by atoms with Crippen molar-refractivity contribution in [2.75, 3.05) is 13.2 Å². The Morgan fingerprint density at radius 3 is 2.19 bits per heavy atom. The Morgan fingerprint density at radius 1 is 0.871 bits per heavy atom. The number of carbonyl (C=O) groups is 2. The van der Waals surface area contributed by atoms with Crippen LogP contribution in [0.2, 0.25) is 0 Å². The van der Waals surface area contributed by atoms with Gasteiger partial charge in [-0.1, -0.05) is 39.2 Å². The van der Waals surface area contributed by atoms with Gasteiger partial charge in [0.2, 0.25) is 10.0 Å². The highest BCUT2D eigenvalue weighted by Gasteiger charge is 2.16. The maximum absolute atomic E-state index is 12.3. The minimum absolute atomic E-state index is 0.0291. The van der Waals surface area contributed by atoms with Gasteiger partial charge in [-0.25, -0.2) is 13.1 Å². The van der Waals surface area contributed by atoms with E-state index in [2.05, 4.69) is 22.5 Å². The summed E-state index contributed by atoms with van der Waals surface area (Å²) in [5.74, 6) is -0.455. The van der Waals surface area contributed by atoms with Crippen LogP contribution in [0, 0.1) is 0 Å². The van der Waals surface area contributed by atoms with Gasteiger partial charge in [0, 0.05) is 17.7 Å². The smallest absolute Gasteiger partial charge is 0.269 e. The number of hydrazine groups is 1. The summed E-state index contributed by atoms with van der Waals surface area (Å²) in [6.45, 7) is 4.68. The van der Waals surface area contributed by atoms with Crippen molar-refractivity contribution >= 4 is 21.8 Å². The van der Waals surface area contributed by atoms with E-state index < -0.39 is 21.8 Å². The Morgan fingerprint density at radius 2 is 1.55 bits per heavy atom. The summed E-state index contributed by atoms with van der Waals surface area (Å²) in [6, 6.07) is 12.2. The third kappa shape index (κ3) is 7.69. The van der Waals surface area contributed by atoms with E-state index in [1.165, 1.54) is 37.1 Å². The fourth-order valence-corrected chi connectivity index (χ4v) is 3.84. The molecule has 0 aliphatic heterocycles. The molecule has 0 aliphatic carbocycles. The highest BCUT2D eigenvalue weighted by atomic mass is 32.2. The van der Waals surface area contributed by atoms with Crippen molar-refractivity contribution < 1.29 is 22.7 Å². The van der Waals surface area contributed by atoms with E-state index >= 15 is 0 Å². The van der Waals surface area contributed by atoms with Crippen molar-refractivity contribution in [3.8, 4) is 5.75 Å². The van der Waals surface area contributed by atoms with Crippen molar-refractivity contribution in [1.82, 2.24) is 15.6 Å². The van der Waals surface area contributed by atoms with E-state index in [0.29, 0.717) is 17.9 Å². The van der Waals surface area contributed by atoms with Crippen LogP contribution in [-0.2, 0) is 10.0 Å². The Bertz CT molecular complexity index is 975. The van der Waals surface area contributed by atoms with E-state index in [9.17, 15) is 18.0 Å². The lowest BCUT2D eigenvalue weighted by Crippen LogP contribution is -2.41. The molecular formula is C22H29N3O5S. The van der Waals surface area contributed by atoms with Crippen molar-refractivity contribution in [1.29, 1.82) is 0 Å². The molecule has 0 atom stereocenters. The van der Waals surface area contributed by atoms with Crippen molar-refractivity contribution in [3.63, 3.8) is 0 Å². The molecule has 9 heteroatoms. The monoisotopic (exact) mass is 447 g/mol. The van der Waals surface area contributed by atoms with Crippen LogP contribution in [0.4, 0.5) is 0 Å². The Kier molecular flexibility index (Phi) is 9.48. The van der Waals surface area contributed by atoms with Gasteiger partial charge in [0.1, 0.15) is 5.75 Å². The molecule has 0 radical (unpaired) electrons. The highest BCUT2D eigenvalue weighted by molar-refractivity contribution is 7.89. The second kappa shape index (κ2) is 12.1. The number of benzene rings is 2. The van der Waals surface area contributed by atoms with Gasteiger partial charge in [0.15, 0.2) is 0 Å². The molecule has 2 aromatic carbocycles. The molecular weight excluding hydrogens is 418 g/mol. The molecule has 168 valence electrons. The van der Waals surface area contributed by atoms with Gasteiger partial charge >= 0.3 is 0 Å². The molecule has 0 unspecified atom stereocenters. The van der Waals surface area contributed by atoms with Crippen LogP contribution in [-0.4, -0.2) is 33.4 Å². The summed E-state index contributed by atoms with van der Waals surface area (Å²) >= 11 is 0. The molecule has 31 heavy (non-hydrogen) atoms. The third-order valence-electron chi connectivity index (χ3n) is 4.41. The molecule has 0 heterocycles. The normalized spacial score (nSPS) is 11.0. The topological polar surface area (TPSA) is 114 Å². The van der Waals surface area contributed by atoms with Crippen molar-refractivity contribution in [3.05, 3.63) is 59.7 Å². The first-order valence-electron chi connectivity index (χ1n) is 10.3. The minimum atomic E-state index is -3.69. The summed E-state index contributed by atoms with van der Waals surface area (Å²) in [4.78, 5) is 24.5. The van der Waals surface area contributed by atoms with E-state index in [1.807, 2.05) is 0 Å². The zero-order valence-electron chi connectivity index (χ0n) is 17.8. The van der Waals surface area contributed by atoms with Gasteiger partial charge in [-0.15, -0.1) is 0 Å². The van der Waals surface area contributed by atoms with Gasteiger partial charge < -0.3 is 4.74 Å². The van der Waals surface area contributed by atoms with Gasteiger partial charge in [-0.3, -0.25) is 20.4 Å². The second-order valence-corrected chi connectivity index (χ2v) is 8.64. The van der Waals surface area contributed by atoms with Crippen molar-refractivity contribution in [2.24, 2.45) is 0 Å². The molecule has 0 bridgehead atoms. The predicted molar refractivity (Wildman–Crippen MR) is 118 cm³/mol. The molecule has 8 nitrogen and oxygen atoms in total. The number of rotatable bonds is 11. The maximum atomic E-state index is 12.3. The summed E-state index contributed by atoms with van der Waals surface area (Å²) in [5.41, 5.74) is 5.07. The SMILES string of the molecule is CCCCCCOc1ccc(C(=O)NNC(=O)c2cccc(S(=O)(=O)NCC)c2)cc1. The molecule has 3 N–H and O–H groups in total. The van der Waals surface area contributed by atoms with Crippen LogP contribution in [0.1, 0.15) is 60.2 Å². The molecule has 0 aromatic heterocycles. The lowest BCUT2D eigenvalue weighted by atomic mass is 10.2. The Hall–Kier alpha value is -2.91. The number of nitrogens with one attached hydrogen (secondary N) is 3.